The number of ether oxygens (including phenoxy) is 2. The van der Waals surface area contributed by atoms with Gasteiger partial charge in [-0.25, -0.2) is 0 Å². The largest absolute Gasteiger partial charge is 0.486 e. The van der Waals surface area contributed by atoms with Crippen LogP contribution in [0.2, 0.25) is 5.02 Å². The van der Waals surface area contributed by atoms with E-state index < -0.39 is 0 Å². The third kappa shape index (κ3) is 4.56. The Morgan fingerprint density at radius 3 is 2.54 bits per heavy atom. The molecule has 2 aromatic carbocycles. The molecule has 1 heterocycles. The lowest BCUT2D eigenvalue weighted by molar-refractivity contribution is -0.137. The van der Waals surface area contributed by atoms with Gasteiger partial charge in [-0.3, -0.25) is 9.36 Å². The first-order valence-electron chi connectivity index (χ1n) is 7.75. The molecular weight excluding hydrogens is 374 g/mol. The second-order valence-corrected chi connectivity index (χ2v) is 6.56. The molecule has 0 amide bonds. The molecule has 0 aliphatic heterocycles. The van der Waals surface area contributed by atoms with Crippen molar-refractivity contribution in [3.8, 4) is 11.4 Å². The lowest BCUT2D eigenvalue weighted by Crippen LogP contribution is -2.08. The van der Waals surface area contributed by atoms with Gasteiger partial charge < -0.3 is 9.47 Å². The average Bonchev–Trinajstić information content (AvgIpc) is 3.09. The summed E-state index contributed by atoms with van der Waals surface area (Å²) in [6.45, 7) is 0.225. The number of esters is 1. The Morgan fingerprint density at radius 2 is 1.85 bits per heavy atom. The van der Waals surface area contributed by atoms with E-state index in [0.717, 1.165) is 5.69 Å². The molecule has 134 valence electrons. The maximum Gasteiger partial charge on any atom is 0.316 e. The topological polar surface area (TPSA) is 66.2 Å². The molecule has 0 atom stereocenters. The maximum atomic E-state index is 11.4. The lowest BCUT2D eigenvalue weighted by Gasteiger charge is -2.11. The molecule has 3 aromatic rings. The molecule has 0 fully saturated rings. The number of methoxy groups -OCH3 is 1. The van der Waals surface area contributed by atoms with Crippen LogP contribution in [0.4, 0.5) is 0 Å². The molecule has 0 spiro atoms. The second kappa shape index (κ2) is 8.73. The van der Waals surface area contributed by atoms with E-state index in [1.807, 2.05) is 34.9 Å². The van der Waals surface area contributed by atoms with Gasteiger partial charge in [-0.15, -0.1) is 10.2 Å². The number of carbonyl (C=O) groups excluding carboxylic acids is 1. The zero-order chi connectivity index (χ0) is 18.4. The molecule has 6 nitrogen and oxygen atoms in total. The minimum atomic E-state index is -0.323. The number of halogens is 1. The Morgan fingerprint density at radius 1 is 1.12 bits per heavy atom. The number of nitrogens with zero attached hydrogens (tertiary/aromatic N) is 3. The quantitative estimate of drug-likeness (QED) is 0.452. The van der Waals surface area contributed by atoms with Crippen molar-refractivity contribution in [2.24, 2.45) is 0 Å². The van der Waals surface area contributed by atoms with Crippen molar-refractivity contribution in [1.82, 2.24) is 14.8 Å². The molecule has 3 rings (SSSR count). The highest BCUT2D eigenvalue weighted by Gasteiger charge is 2.16. The summed E-state index contributed by atoms with van der Waals surface area (Å²) in [6, 6.07) is 16.8. The summed E-state index contributed by atoms with van der Waals surface area (Å²) in [5.74, 6) is 1.13. The van der Waals surface area contributed by atoms with Gasteiger partial charge in [0.2, 0.25) is 0 Å². The Bertz CT molecular complexity index is 869. The van der Waals surface area contributed by atoms with Crippen LogP contribution in [0.25, 0.3) is 5.69 Å². The van der Waals surface area contributed by atoms with Crippen molar-refractivity contribution in [2.75, 3.05) is 12.9 Å². The minimum Gasteiger partial charge on any atom is -0.486 e. The van der Waals surface area contributed by atoms with Crippen molar-refractivity contribution in [2.45, 2.75) is 11.8 Å². The fourth-order valence-corrected chi connectivity index (χ4v) is 3.11. The number of benzene rings is 2. The van der Waals surface area contributed by atoms with Gasteiger partial charge in [-0.05, 0) is 36.4 Å². The van der Waals surface area contributed by atoms with E-state index in [2.05, 4.69) is 14.9 Å². The zero-order valence-corrected chi connectivity index (χ0v) is 15.5. The van der Waals surface area contributed by atoms with Crippen LogP contribution in [0.15, 0.2) is 59.8 Å². The van der Waals surface area contributed by atoms with Crippen LogP contribution in [0.3, 0.4) is 0 Å². The molecule has 0 aliphatic carbocycles. The number of carbonyl (C=O) groups is 1. The first kappa shape index (κ1) is 18.3. The van der Waals surface area contributed by atoms with E-state index in [-0.39, 0.29) is 18.3 Å². The summed E-state index contributed by atoms with van der Waals surface area (Å²) in [4.78, 5) is 11.4. The molecule has 0 N–H and O–H groups in total. The summed E-state index contributed by atoms with van der Waals surface area (Å²) in [5.41, 5.74) is 0.888. The standard InChI is InChI=1S/C18H16ClN3O3S/c1-24-17(23)12-26-18-21-20-16(22(18)14-5-3-2-4-6-14)11-25-15-9-7-13(19)8-10-15/h2-10H,11-12H2,1H3. The van der Waals surface area contributed by atoms with Crippen molar-refractivity contribution in [1.29, 1.82) is 0 Å². The van der Waals surface area contributed by atoms with Crippen molar-refractivity contribution < 1.29 is 14.3 Å². The van der Waals surface area contributed by atoms with Gasteiger partial charge >= 0.3 is 5.97 Å². The van der Waals surface area contributed by atoms with Gasteiger partial charge in [0, 0.05) is 10.7 Å². The monoisotopic (exact) mass is 389 g/mol. The van der Waals surface area contributed by atoms with Crippen molar-refractivity contribution >= 4 is 29.3 Å². The van der Waals surface area contributed by atoms with E-state index in [0.29, 0.717) is 21.8 Å². The molecule has 0 radical (unpaired) electrons. The molecular formula is C18H16ClN3O3S. The Kier molecular flexibility index (Phi) is 6.14. The van der Waals surface area contributed by atoms with E-state index in [1.54, 1.807) is 24.3 Å². The van der Waals surface area contributed by atoms with Gasteiger partial charge in [-0.2, -0.15) is 0 Å². The highest BCUT2D eigenvalue weighted by molar-refractivity contribution is 7.99. The Balaban J connectivity index is 1.83. The number of para-hydroxylation sites is 1. The fraction of sp³-hybridized carbons (Fsp3) is 0.167. The molecule has 0 bridgehead atoms. The minimum absolute atomic E-state index is 0.152. The molecule has 0 unspecified atom stereocenters. The van der Waals surface area contributed by atoms with Crippen LogP contribution in [-0.4, -0.2) is 33.6 Å². The summed E-state index contributed by atoms with van der Waals surface area (Å²) >= 11 is 7.15. The van der Waals surface area contributed by atoms with Crippen LogP contribution >= 0.6 is 23.4 Å². The highest BCUT2D eigenvalue weighted by atomic mass is 35.5. The van der Waals surface area contributed by atoms with E-state index in [4.69, 9.17) is 16.3 Å². The van der Waals surface area contributed by atoms with Crippen LogP contribution in [-0.2, 0) is 16.1 Å². The lowest BCUT2D eigenvalue weighted by atomic mass is 10.3. The number of rotatable bonds is 7. The highest BCUT2D eigenvalue weighted by Crippen LogP contribution is 2.23. The van der Waals surface area contributed by atoms with Crippen molar-refractivity contribution in [3.63, 3.8) is 0 Å². The zero-order valence-electron chi connectivity index (χ0n) is 14.0. The van der Waals surface area contributed by atoms with E-state index in [9.17, 15) is 4.79 Å². The molecule has 26 heavy (non-hydrogen) atoms. The smallest absolute Gasteiger partial charge is 0.316 e. The average molecular weight is 390 g/mol. The first-order valence-corrected chi connectivity index (χ1v) is 9.11. The van der Waals surface area contributed by atoms with E-state index in [1.165, 1.54) is 18.9 Å². The molecule has 0 saturated heterocycles. The van der Waals surface area contributed by atoms with Crippen LogP contribution in [0.1, 0.15) is 5.82 Å². The van der Waals surface area contributed by atoms with Gasteiger partial charge in [0.1, 0.15) is 12.4 Å². The number of thioether (sulfide) groups is 1. The predicted octanol–water partition coefficient (Wildman–Crippen LogP) is 3.76. The third-order valence-electron chi connectivity index (χ3n) is 3.44. The fourth-order valence-electron chi connectivity index (χ4n) is 2.18. The predicted molar refractivity (Wildman–Crippen MR) is 99.9 cm³/mol. The summed E-state index contributed by atoms with van der Waals surface area (Å²) < 4.78 is 12.3. The number of hydrogen-bond acceptors (Lipinski definition) is 6. The van der Waals surface area contributed by atoms with Crippen LogP contribution < -0.4 is 4.74 Å². The molecule has 8 heteroatoms. The van der Waals surface area contributed by atoms with Crippen LogP contribution in [0, 0.1) is 0 Å². The number of hydrogen-bond donors (Lipinski definition) is 0. The van der Waals surface area contributed by atoms with Gasteiger partial charge in [0.05, 0.1) is 12.9 Å². The molecule has 1 aromatic heterocycles. The summed E-state index contributed by atoms with van der Waals surface area (Å²) in [5, 5.41) is 9.65. The molecule has 0 saturated carbocycles. The Labute approximate surface area is 160 Å². The molecule has 0 aliphatic rings. The second-order valence-electron chi connectivity index (χ2n) is 5.18. The van der Waals surface area contributed by atoms with E-state index >= 15 is 0 Å². The first-order chi connectivity index (χ1) is 12.7. The van der Waals surface area contributed by atoms with Gasteiger partial charge in [-0.1, -0.05) is 41.6 Å². The third-order valence-corrected chi connectivity index (χ3v) is 4.60. The van der Waals surface area contributed by atoms with Crippen molar-refractivity contribution in [3.05, 3.63) is 65.4 Å². The SMILES string of the molecule is COC(=O)CSc1nnc(COc2ccc(Cl)cc2)n1-c1ccccc1. The van der Waals surface area contributed by atoms with Gasteiger partial charge in [0.15, 0.2) is 11.0 Å². The maximum absolute atomic E-state index is 11.4. The van der Waals surface area contributed by atoms with Crippen LogP contribution in [0.5, 0.6) is 5.75 Å². The summed E-state index contributed by atoms with van der Waals surface area (Å²) in [7, 11) is 1.36. The Hall–Kier alpha value is -2.51. The number of aromatic nitrogens is 3. The normalized spacial score (nSPS) is 10.5. The van der Waals surface area contributed by atoms with Gasteiger partial charge in [0.25, 0.3) is 0 Å². The summed E-state index contributed by atoms with van der Waals surface area (Å²) in [6.07, 6.45) is 0.